The first-order chi connectivity index (χ1) is 11.6. The van der Waals surface area contributed by atoms with Gasteiger partial charge in [0.25, 0.3) is 5.78 Å². The van der Waals surface area contributed by atoms with E-state index in [1.807, 2.05) is 42.5 Å². The highest BCUT2D eigenvalue weighted by atomic mass is 16.4. The molecule has 0 saturated heterocycles. The molecule has 4 rings (SSSR count). The molecule has 0 heterocycles. The van der Waals surface area contributed by atoms with Crippen molar-refractivity contribution in [3.05, 3.63) is 60.2 Å². The summed E-state index contributed by atoms with van der Waals surface area (Å²) < 4.78 is 0. The van der Waals surface area contributed by atoms with E-state index < -0.39 is 11.8 Å². The van der Waals surface area contributed by atoms with Crippen molar-refractivity contribution in [1.82, 2.24) is 0 Å². The van der Waals surface area contributed by atoms with Crippen LogP contribution >= 0.6 is 0 Å². The highest BCUT2D eigenvalue weighted by Crippen LogP contribution is 2.40. The molecule has 0 amide bonds. The highest BCUT2D eigenvalue weighted by Gasteiger charge is 2.13. The Bertz CT molecular complexity index is 1140. The molecule has 0 unspecified atom stereocenters. The van der Waals surface area contributed by atoms with Crippen molar-refractivity contribution in [2.45, 2.75) is 0 Å². The number of aromatic hydroxyl groups is 1. The van der Waals surface area contributed by atoms with Crippen LogP contribution in [-0.2, 0) is 9.59 Å². The van der Waals surface area contributed by atoms with Crippen LogP contribution in [0.3, 0.4) is 0 Å². The van der Waals surface area contributed by atoms with Gasteiger partial charge in [-0.2, -0.15) is 0 Å². The third-order valence-electron chi connectivity index (χ3n) is 4.27. The van der Waals surface area contributed by atoms with Crippen molar-refractivity contribution in [2.75, 3.05) is 0 Å². The van der Waals surface area contributed by atoms with Gasteiger partial charge in [0, 0.05) is 16.3 Å². The van der Waals surface area contributed by atoms with Gasteiger partial charge in [-0.1, -0.05) is 36.4 Å². The number of carboxylic acids is 1. The van der Waals surface area contributed by atoms with Crippen molar-refractivity contribution in [3.63, 3.8) is 0 Å². The molecular formula is C20H12O4. The Morgan fingerprint density at radius 1 is 0.875 bits per heavy atom. The largest absolute Gasteiger partial charge is 0.507 e. The van der Waals surface area contributed by atoms with Crippen LogP contribution in [0.2, 0.25) is 0 Å². The number of phenols is 1. The predicted octanol–water partition coefficient (Wildman–Crippen LogP) is 3.96. The molecule has 0 aliphatic carbocycles. The van der Waals surface area contributed by atoms with Gasteiger partial charge in [-0.05, 0) is 45.8 Å². The summed E-state index contributed by atoms with van der Waals surface area (Å²) in [7, 11) is 0. The predicted molar refractivity (Wildman–Crippen MR) is 93.5 cm³/mol. The molecular weight excluding hydrogens is 304 g/mol. The summed E-state index contributed by atoms with van der Waals surface area (Å²) in [5.74, 6) is -2.52. The van der Waals surface area contributed by atoms with Gasteiger partial charge in [-0.25, -0.2) is 4.79 Å². The summed E-state index contributed by atoms with van der Waals surface area (Å²) in [4.78, 5) is 21.9. The third-order valence-corrected chi connectivity index (χ3v) is 4.27. The molecule has 0 spiro atoms. The maximum atomic E-state index is 11.2. The lowest BCUT2D eigenvalue weighted by Crippen LogP contribution is -2.08. The molecule has 116 valence electrons. The number of phenolic OH excluding ortho intramolecular Hbond substituents is 1. The van der Waals surface area contributed by atoms with Crippen LogP contribution in [0.15, 0.2) is 54.6 Å². The van der Waals surface area contributed by atoms with E-state index in [1.165, 1.54) is 6.08 Å². The molecule has 4 aromatic carbocycles. The van der Waals surface area contributed by atoms with Gasteiger partial charge in [0.15, 0.2) is 0 Å². The van der Waals surface area contributed by atoms with E-state index in [1.54, 1.807) is 6.07 Å². The number of carboxylic acid groups (broad SMARTS) is 1. The average Bonchev–Trinajstić information content (AvgIpc) is 2.59. The smallest absolute Gasteiger partial charge is 0.376 e. The quantitative estimate of drug-likeness (QED) is 0.341. The van der Waals surface area contributed by atoms with Crippen LogP contribution < -0.4 is 0 Å². The molecule has 24 heavy (non-hydrogen) atoms. The number of rotatable bonds is 3. The molecule has 0 fully saturated rings. The Morgan fingerprint density at radius 2 is 1.54 bits per heavy atom. The average molecular weight is 316 g/mol. The maximum absolute atomic E-state index is 11.2. The summed E-state index contributed by atoms with van der Waals surface area (Å²) in [5.41, 5.74) is 0.412. The number of ketones is 1. The van der Waals surface area contributed by atoms with Crippen LogP contribution in [-0.4, -0.2) is 22.0 Å². The minimum absolute atomic E-state index is 0.0372. The Balaban J connectivity index is 2.03. The van der Waals surface area contributed by atoms with Crippen molar-refractivity contribution < 1.29 is 19.8 Å². The summed E-state index contributed by atoms with van der Waals surface area (Å²) >= 11 is 0. The molecule has 0 aromatic heterocycles. The molecule has 0 atom stereocenters. The number of carbonyl (C=O) groups excluding carboxylic acids is 1. The van der Waals surface area contributed by atoms with E-state index in [0.717, 1.165) is 33.0 Å². The fourth-order valence-electron chi connectivity index (χ4n) is 3.18. The molecule has 2 N–H and O–H groups in total. The minimum Gasteiger partial charge on any atom is -0.507 e. The molecule has 0 aliphatic rings. The van der Waals surface area contributed by atoms with Crippen LogP contribution in [0.5, 0.6) is 5.75 Å². The molecule has 0 bridgehead atoms. The Kier molecular flexibility index (Phi) is 3.00. The second-order valence-electron chi connectivity index (χ2n) is 5.67. The van der Waals surface area contributed by atoms with Crippen molar-refractivity contribution in [1.29, 1.82) is 0 Å². The molecule has 4 aromatic rings. The SMILES string of the molecule is O=C(O)C(=O)/C=C/c1cc2ccc3cccc4ccc(c1O)c2c34. The van der Waals surface area contributed by atoms with Gasteiger partial charge in [0.05, 0.1) is 0 Å². The lowest BCUT2D eigenvalue weighted by Gasteiger charge is -2.13. The zero-order valence-corrected chi connectivity index (χ0v) is 12.5. The van der Waals surface area contributed by atoms with E-state index in [0.29, 0.717) is 10.9 Å². The summed E-state index contributed by atoms with van der Waals surface area (Å²) in [5, 5.41) is 25.1. The van der Waals surface area contributed by atoms with E-state index in [2.05, 4.69) is 0 Å². The fourth-order valence-corrected chi connectivity index (χ4v) is 3.18. The van der Waals surface area contributed by atoms with E-state index in [9.17, 15) is 14.7 Å². The van der Waals surface area contributed by atoms with E-state index in [-0.39, 0.29) is 5.75 Å². The topological polar surface area (TPSA) is 74.6 Å². The zero-order valence-electron chi connectivity index (χ0n) is 12.5. The van der Waals surface area contributed by atoms with Gasteiger partial charge in [0.1, 0.15) is 5.75 Å². The molecule has 0 saturated carbocycles. The van der Waals surface area contributed by atoms with Gasteiger partial charge in [0.2, 0.25) is 0 Å². The first kappa shape index (κ1) is 14.2. The Hall–Kier alpha value is -3.40. The maximum Gasteiger partial charge on any atom is 0.376 e. The number of benzene rings is 4. The summed E-state index contributed by atoms with van der Waals surface area (Å²) in [6, 6.07) is 15.6. The minimum atomic E-state index is -1.52. The summed E-state index contributed by atoms with van der Waals surface area (Å²) in [6.07, 6.45) is 2.29. The monoisotopic (exact) mass is 316 g/mol. The first-order valence-corrected chi connectivity index (χ1v) is 7.41. The van der Waals surface area contributed by atoms with E-state index in [4.69, 9.17) is 5.11 Å². The zero-order chi connectivity index (χ0) is 16.8. The standard InChI is InChI=1S/C20H12O4/c21-16(20(23)24)9-7-14-10-13-5-4-11-2-1-3-12-6-8-15(19(14)22)18(13)17(11)12/h1-10,22H,(H,23,24)/b9-7+. The lowest BCUT2D eigenvalue weighted by molar-refractivity contribution is -0.146. The van der Waals surface area contributed by atoms with Crippen LogP contribution in [0.1, 0.15) is 5.56 Å². The van der Waals surface area contributed by atoms with Gasteiger partial charge in [-0.3, -0.25) is 4.79 Å². The van der Waals surface area contributed by atoms with E-state index >= 15 is 0 Å². The third kappa shape index (κ3) is 2.01. The van der Waals surface area contributed by atoms with Crippen molar-refractivity contribution in [3.8, 4) is 5.75 Å². The number of carbonyl (C=O) groups is 2. The molecule has 0 radical (unpaired) electrons. The van der Waals surface area contributed by atoms with Crippen LogP contribution in [0.4, 0.5) is 0 Å². The Morgan fingerprint density at radius 3 is 2.25 bits per heavy atom. The van der Waals surface area contributed by atoms with Crippen molar-refractivity contribution >= 4 is 50.1 Å². The lowest BCUT2D eigenvalue weighted by atomic mass is 9.92. The highest BCUT2D eigenvalue weighted by molar-refractivity contribution is 6.38. The van der Waals surface area contributed by atoms with Crippen LogP contribution in [0.25, 0.3) is 38.4 Å². The second kappa shape index (κ2) is 5.06. The molecule has 4 heteroatoms. The number of aliphatic carboxylic acids is 1. The number of hydrogen-bond donors (Lipinski definition) is 2. The fraction of sp³-hybridized carbons (Fsp3) is 0. The van der Waals surface area contributed by atoms with Crippen molar-refractivity contribution in [2.24, 2.45) is 0 Å². The molecule has 0 aliphatic heterocycles. The van der Waals surface area contributed by atoms with Gasteiger partial charge >= 0.3 is 5.97 Å². The molecule has 4 nitrogen and oxygen atoms in total. The second-order valence-corrected chi connectivity index (χ2v) is 5.67. The number of hydrogen-bond acceptors (Lipinski definition) is 3. The normalized spacial score (nSPS) is 11.8. The summed E-state index contributed by atoms with van der Waals surface area (Å²) in [6.45, 7) is 0. The van der Waals surface area contributed by atoms with Gasteiger partial charge in [-0.15, -0.1) is 0 Å². The first-order valence-electron chi connectivity index (χ1n) is 7.41. The van der Waals surface area contributed by atoms with Crippen LogP contribution in [0, 0.1) is 0 Å². The van der Waals surface area contributed by atoms with Gasteiger partial charge < -0.3 is 10.2 Å². The Labute approximate surface area is 136 Å².